The molecule has 1 aromatic heterocycles. The molecule has 0 aliphatic carbocycles. The molecule has 2 aliphatic rings. The fourth-order valence-electron chi connectivity index (χ4n) is 4.99. The van der Waals surface area contributed by atoms with Crippen LogP contribution in [0.2, 0.25) is 0 Å². The van der Waals surface area contributed by atoms with Crippen LogP contribution in [0, 0.1) is 0 Å². The van der Waals surface area contributed by atoms with E-state index in [0.29, 0.717) is 30.1 Å². The summed E-state index contributed by atoms with van der Waals surface area (Å²) in [6, 6.07) is 15.4. The lowest BCUT2D eigenvalue weighted by Gasteiger charge is -2.43. The average Bonchev–Trinajstić information content (AvgIpc) is 2.84. The third kappa shape index (κ3) is 4.23. The highest BCUT2D eigenvalue weighted by Crippen LogP contribution is 2.30. The second kappa shape index (κ2) is 9.06. The van der Waals surface area contributed by atoms with Gasteiger partial charge in [-0.2, -0.15) is 0 Å². The second-order valence-electron chi connectivity index (χ2n) is 9.54. The number of nitrogens with one attached hydrogen (secondary N) is 1. The van der Waals surface area contributed by atoms with Gasteiger partial charge in [0.15, 0.2) is 0 Å². The summed E-state index contributed by atoms with van der Waals surface area (Å²) in [5.41, 5.74) is 12.5. The number of aromatic nitrogens is 2. The predicted molar refractivity (Wildman–Crippen MR) is 137 cm³/mol. The van der Waals surface area contributed by atoms with Gasteiger partial charge in [0.05, 0.1) is 11.9 Å². The normalized spacial score (nSPS) is 18.6. The summed E-state index contributed by atoms with van der Waals surface area (Å²) in [6.45, 7) is 10.7. The molecule has 0 radical (unpaired) electrons. The van der Waals surface area contributed by atoms with Gasteiger partial charge in [0, 0.05) is 60.6 Å². The number of rotatable bonds is 4. The highest BCUT2D eigenvalue weighted by Gasteiger charge is 2.25. The van der Waals surface area contributed by atoms with Crippen LogP contribution in [0.15, 0.2) is 48.7 Å². The molecule has 176 valence electrons. The van der Waals surface area contributed by atoms with Gasteiger partial charge in [0.25, 0.3) is 5.91 Å². The van der Waals surface area contributed by atoms with E-state index in [-0.39, 0.29) is 5.91 Å². The molecule has 0 saturated carbocycles. The first-order chi connectivity index (χ1) is 16.4. The Morgan fingerprint density at radius 2 is 1.85 bits per heavy atom. The molecule has 2 aromatic carbocycles. The average molecular weight is 457 g/mol. The molecule has 0 spiro atoms. The van der Waals surface area contributed by atoms with E-state index in [9.17, 15) is 4.79 Å². The summed E-state index contributed by atoms with van der Waals surface area (Å²) in [6.07, 6.45) is 2.52. The highest BCUT2D eigenvalue weighted by molar-refractivity contribution is 5.97. The number of hydrogen-bond donors (Lipinski definition) is 2. The molecule has 0 bridgehead atoms. The van der Waals surface area contributed by atoms with Crippen molar-refractivity contribution in [3.05, 3.63) is 59.8 Å². The van der Waals surface area contributed by atoms with Crippen molar-refractivity contribution in [2.45, 2.75) is 39.3 Å². The number of benzene rings is 2. The molecule has 34 heavy (non-hydrogen) atoms. The number of nitrogen functional groups attached to an aromatic ring is 1. The van der Waals surface area contributed by atoms with Crippen molar-refractivity contribution >= 4 is 17.4 Å². The molecule has 3 N–H and O–H groups in total. The second-order valence-corrected chi connectivity index (χ2v) is 9.54. The highest BCUT2D eigenvalue weighted by atomic mass is 16.1. The third-order valence-electron chi connectivity index (χ3n) is 6.99. The van der Waals surface area contributed by atoms with E-state index in [0.717, 1.165) is 54.0 Å². The van der Waals surface area contributed by atoms with Crippen LogP contribution in [-0.4, -0.2) is 59.0 Å². The molecule has 5 rings (SSSR count). The van der Waals surface area contributed by atoms with E-state index in [4.69, 9.17) is 10.7 Å². The molecule has 1 fully saturated rings. The summed E-state index contributed by atoms with van der Waals surface area (Å²) in [7, 11) is 0. The summed E-state index contributed by atoms with van der Waals surface area (Å²) < 4.78 is 0. The number of carbonyl (C=O) groups excluding carboxylic acids is 1. The van der Waals surface area contributed by atoms with Crippen LogP contribution in [-0.2, 0) is 6.42 Å². The van der Waals surface area contributed by atoms with Gasteiger partial charge in [-0.05, 0) is 57.0 Å². The minimum absolute atomic E-state index is 0.0272. The molecule has 1 saturated heterocycles. The maximum atomic E-state index is 12.1. The Kier molecular flexibility index (Phi) is 5.96. The molecular formula is C27H32N6O. The number of fused-ring (bicyclic) bond motifs is 1. The first kappa shape index (κ1) is 22.3. The predicted octanol–water partition coefficient (Wildman–Crippen LogP) is 3.60. The number of nitrogens with two attached hydrogens (primary N) is 1. The Morgan fingerprint density at radius 1 is 1.09 bits per heavy atom. The van der Waals surface area contributed by atoms with Crippen molar-refractivity contribution in [3.8, 4) is 22.5 Å². The number of amides is 1. The Morgan fingerprint density at radius 3 is 2.59 bits per heavy atom. The summed E-state index contributed by atoms with van der Waals surface area (Å²) in [4.78, 5) is 26.4. The van der Waals surface area contributed by atoms with Gasteiger partial charge < -0.3 is 16.0 Å². The van der Waals surface area contributed by atoms with Crippen LogP contribution in [0.1, 0.15) is 36.7 Å². The van der Waals surface area contributed by atoms with Crippen LogP contribution >= 0.6 is 0 Å². The van der Waals surface area contributed by atoms with Crippen molar-refractivity contribution in [2.75, 3.05) is 36.8 Å². The van der Waals surface area contributed by atoms with E-state index < -0.39 is 0 Å². The zero-order chi connectivity index (χ0) is 23.8. The number of carbonyl (C=O) groups is 1. The topological polar surface area (TPSA) is 87.4 Å². The van der Waals surface area contributed by atoms with Crippen molar-refractivity contribution in [3.63, 3.8) is 0 Å². The van der Waals surface area contributed by atoms with E-state index in [1.54, 1.807) is 6.20 Å². The van der Waals surface area contributed by atoms with Gasteiger partial charge in [-0.15, -0.1) is 0 Å². The largest absolute Gasteiger partial charge is 0.382 e. The molecule has 3 aromatic rings. The zero-order valence-corrected chi connectivity index (χ0v) is 20.1. The maximum Gasteiger partial charge on any atom is 0.251 e. The maximum absolute atomic E-state index is 12.1. The molecule has 1 atom stereocenters. The van der Waals surface area contributed by atoms with Crippen LogP contribution in [0.5, 0.6) is 0 Å². The molecular weight excluding hydrogens is 424 g/mol. The van der Waals surface area contributed by atoms with Gasteiger partial charge in [0.2, 0.25) is 0 Å². The Bertz CT molecular complexity index is 1210. The lowest BCUT2D eigenvalue weighted by Crippen LogP contribution is -2.53. The van der Waals surface area contributed by atoms with E-state index in [1.165, 1.54) is 5.69 Å². The Balaban J connectivity index is 1.39. The summed E-state index contributed by atoms with van der Waals surface area (Å²) in [5.74, 6) is 0.359. The third-order valence-corrected chi connectivity index (χ3v) is 6.99. The minimum atomic E-state index is -0.0272. The lowest BCUT2D eigenvalue weighted by molar-refractivity contribution is 0.0946. The first-order valence-corrected chi connectivity index (χ1v) is 12.1. The van der Waals surface area contributed by atoms with Gasteiger partial charge in [-0.1, -0.05) is 18.2 Å². The van der Waals surface area contributed by atoms with E-state index >= 15 is 0 Å². The summed E-state index contributed by atoms with van der Waals surface area (Å²) >= 11 is 0. The molecule has 7 nitrogen and oxygen atoms in total. The minimum Gasteiger partial charge on any atom is -0.382 e. The SMILES string of the molecule is CC(C)N1CCN(c2ccc(-c3cnc(N)c(-c4ccc5c(c4)CCNC5=O)n3)cc2)C(C)C1. The lowest BCUT2D eigenvalue weighted by atomic mass is 9.96. The fourth-order valence-corrected chi connectivity index (χ4v) is 4.99. The molecule has 1 unspecified atom stereocenters. The smallest absolute Gasteiger partial charge is 0.251 e. The van der Waals surface area contributed by atoms with Crippen molar-refractivity contribution in [2.24, 2.45) is 0 Å². The van der Waals surface area contributed by atoms with Crippen molar-refractivity contribution in [1.29, 1.82) is 0 Å². The zero-order valence-electron chi connectivity index (χ0n) is 20.1. The first-order valence-electron chi connectivity index (χ1n) is 12.1. The van der Waals surface area contributed by atoms with Crippen LogP contribution in [0.3, 0.4) is 0 Å². The number of hydrogen-bond acceptors (Lipinski definition) is 6. The monoisotopic (exact) mass is 456 g/mol. The number of nitrogens with zero attached hydrogens (tertiary/aromatic N) is 4. The molecule has 3 heterocycles. The van der Waals surface area contributed by atoms with Crippen LogP contribution in [0.4, 0.5) is 11.5 Å². The molecule has 2 aliphatic heterocycles. The Labute approximate surface area is 201 Å². The number of anilines is 2. The summed E-state index contributed by atoms with van der Waals surface area (Å²) in [5, 5.41) is 2.88. The fraction of sp³-hybridized carbons (Fsp3) is 0.370. The Hall–Kier alpha value is -3.45. The van der Waals surface area contributed by atoms with Crippen LogP contribution in [0.25, 0.3) is 22.5 Å². The standard InChI is InChI=1S/C27H32N6O/c1-17(2)32-12-13-33(18(3)16-32)22-7-4-19(5-8-22)24-15-30-26(28)25(31-24)21-6-9-23-20(14-21)10-11-29-27(23)34/h4-9,14-15,17-18H,10-13,16H2,1-3H3,(H2,28,30)(H,29,34). The van der Waals surface area contributed by atoms with Gasteiger partial charge in [-0.25, -0.2) is 9.97 Å². The van der Waals surface area contributed by atoms with Crippen molar-refractivity contribution < 1.29 is 4.79 Å². The quantitative estimate of drug-likeness (QED) is 0.624. The van der Waals surface area contributed by atoms with Gasteiger partial charge in [-0.3, -0.25) is 9.69 Å². The van der Waals surface area contributed by atoms with Gasteiger partial charge >= 0.3 is 0 Å². The van der Waals surface area contributed by atoms with E-state index in [2.05, 4.69) is 65.1 Å². The van der Waals surface area contributed by atoms with E-state index in [1.807, 2.05) is 18.2 Å². The van der Waals surface area contributed by atoms with Crippen LogP contribution < -0.4 is 16.0 Å². The van der Waals surface area contributed by atoms with Crippen molar-refractivity contribution in [1.82, 2.24) is 20.2 Å². The van der Waals surface area contributed by atoms with Gasteiger partial charge in [0.1, 0.15) is 11.5 Å². The molecule has 1 amide bonds. The number of piperazine rings is 1. The molecule has 7 heteroatoms.